The van der Waals surface area contributed by atoms with E-state index in [1.807, 2.05) is 0 Å². The molecule has 6 heteroatoms. The lowest BCUT2D eigenvalue weighted by Crippen LogP contribution is -2.47. The van der Waals surface area contributed by atoms with E-state index in [0.29, 0.717) is 17.9 Å². The van der Waals surface area contributed by atoms with Crippen LogP contribution in [-0.4, -0.2) is 80.5 Å². The lowest BCUT2D eigenvalue weighted by atomic mass is 10.2. The quantitative estimate of drug-likeness (QED) is 0.771. The smallest absolute Gasteiger partial charge is 0.341 e. The van der Waals surface area contributed by atoms with Crippen molar-refractivity contribution < 1.29 is 19.4 Å². The van der Waals surface area contributed by atoms with Gasteiger partial charge in [0.2, 0.25) is 0 Å². The van der Waals surface area contributed by atoms with E-state index in [4.69, 9.17) is 9.47 Å². The van der Waals surface area contributed by atoms with Crippen molar-refractivity contribution in [2.24, 2.45) is 0 Å². The molecule has 1 aromatic carbocycles. The van der Waals surface area contributed by atoms with Crippen LogP contribution < -0.4 is 4.74 Å². The number of carbonyl (C=O) groups is 1. The molecule has 1 aliphatic rings. The van der Waals surface area contributed by atoms with Crippen molar-refractivity contribution >= 4 is 5.97 Å². The van der Waals surface area contributed by atoms with Crippen LogP contribution in [0.25, 0.3) is 0 Å². The first-order valence-electron chi connectivity index (χ1n) is 7.49. The zero-order valence-corrected chi connectivity index (χ0v) is 13.2. The molecule has 122 valence electrons. The molecule has 0 saturated carbocycles. The molecule has 1 unspecified atom stereocenters. The summed E-state index contributed by atoms with van der Waals surface area (Å²) in [6.45, 7) is 4.66. The van der Waals surface area contributed by atoms with E-state index in [2.05, 4.69) is 16.8 Å². The first kappa shape index (κ1) is 16.7. The van der Waals surface area contributed by atoms with Gasteiger partial charge in [0.1, 0.15) is 24.0 Å². The SMILES string of the molecule is COC(=O)c1ccccc1OCC(O)CN1CCN(C)CC1. The van der Waals surface area contributed by atoms with E-state index in [-0.39, 0.29) is 6.61 Å². The molecule has 1 aromatic rings. The molecule has 1 aliphatic heterocycles. The molecule has 1 fully saturated rings. The number of esters is 1. The van der Waals surface area contributed by atoms with Crippen LogP contribution in [0.3, 0.4) is 0 Å². The van der Waals surface area contributed by atoms with Crippen molar-refractivity contribution in [2.45, 2.75) is 6.10 Å². The van der Waals surface area contributed by atoms with Gasteiger partial charge in [-0.3, -0.25) is 4.90 Å². The topological polar surface area (TPSA) is 62.2 Å². The number of aliphatic hydroxyl groups is 1. The number of β-amino-alcohol motifs (C(OH)–C–C–N with tert-alkyl or cyclic N) is 1. The number of hydrogen-bond acceptors (Lipinski definition) is 6. The second kappa shape index (κ2) is 8.12. The van der Waals surface area contributed by atoms with Crippen molar-refractivity contribution in [2.75, 3.05) is 53.5 Å². The fourth-order valence-electron chi connectivity index (χ4n) is 2.44. The van der Waals surface area contributed by atoms with E-state index in [0.717, 1.165) is 26.2 Å². The van der Waals surface area contributed by atoms with Crippen LogP contribution in [0.2, 0.25) is 0 Å². The number of piperazine rings is 1. The normalized spacial score (nSPS) is 18.0. The van der Waals surface area contributed by atoms with Crippen LogP contribution >= 0.6 is 0 Å². The first-order chi connectivity index (χ1) is 10.6. The van der Waals surface area contributed by atoms with Crippen molar-refractivity contribution in [3.63, 3.8) is 0 Å². The minimum atomic E-state index is -0.589. The standard InChI is InChI=1S/C16H24N2O4/c1-17-7-9-18(10-8-17)11-13(19)12-22-15-6-4-3-5-14(15)16(20)21-2/h3-6,13,19H,7-12H2,1-2H3. The maximum absolute atomic E-state index is 11.6. The van der Waals surface area contributed by atoms with Crippen LogP contribution in [0, 0.1) is 0 Å². The first-order valence-corrected chi connectivity index (χ1v) is 7.49. The third-order valence-corrected chi connectivity index (χ3v) is 3.79. The van der Waals surface area contributed by atoms with Gasteiger partial charge in [0.05, 0.1) is 7.11 Å². The molecule has 0 amide bonds. The molecule has 6 nitrogen and oxygen atoms in total. The summed E-state index contributed by atoms with van der Waals surface area (Å²) in [5, 5.41) is 10.1. The van der Waals surface area contributed by atoms with Gasteiger partial charge in [0.15, 0.2) is 0 Å². The van der Waals surface area contributed by atoms with Crippen LogP contribution in [-0.2, 0) is 4.74 Å². The monoisotopic (exact) mass is 308 g/mol. The van der Waals surface area contributed by atoms with Gasteiger partial charge in [-0.15, -0.1) is 0 Å². The van der Waals surface area contributed by atoms with Gasteiger partial charge in [-0.1, -0.05) is 12.1 Å². The number of benzene rings is 1. The third kappa shape index (κ3) is 4.69. The Kier molecular flexibility index (Phi) is 6.18. The second-order valence-corrected chi connectivity index (χ2v) is 5.56. The number of rotatable bonds is 6. The van der Waals surface area contributed by atoms with E-state index >= 15 is 0 Å². The Morgan fingerprint density at radius 1 is 1.27 bits per heavy atom. The molecule has 0 bridgehead atoms. The number of hydrogen-bond donors (Lipinski definition) is 1. The largest absolute Gasteiger partial charge is 0.490 e. The molecule has 2 rings (SSSR count). The number of methoxy groups -OCH3 is 1. The molecule has 0 aliphatic carbocycles. The molecule has 1 N–H and O–H groups in total. The second-order valence-electron chi connectivity index (χ2n) is 5.56. The fourth-order valence-corrected chi connectivity index (χ4v) is 2.44. The highest BCUT2D eigenvalue weighted by molar-refractivity contribution is 5.92. The predicted molar refractivity (Wildman–Crippen MR) is 83.2 cm³/mol. The molecule has 0 aromatic heterocycles. The minimum Gasteiger partial charge on any atom is -0.490 e. The summed E-state index contributed by atoms with van der Waals surface area (Å²) >= 11 is 0. The predicted octanol–water partition coefficient (Wildman–Crippen LogP) is 0.460. The van der Waals surface area contributed by atoms with Crippen molar-refractivity contribution in [3.8, 4) is 5.75 Å². The van der Waals surface area contributed by atoms with Gasteiger partial charge >= 0.3 is 5.97 Å². The van der Waals surface area contributed by atoms with E-state index < -0.39 is 12.1 Å². The number of aliphatic hydroxyl groups excluding tert-OH is 1. The molecular weight excluding hydrogens is 284 g/mol. The van der Waals surface area contributed by atoms with Gasteiger partial charge < -0.3 is 19.5 Å². The van der Waals surface area contributed by atoms with Gasteiger partial charge in [0, 0.05) is 32.7 Å². The Morgan fingerprint density at radius 2 is 1.95 bits per heavy atom. The van der Waals surface area contributed by atoms with Crippen molar-refractivity contribution in [1.29, 1.82) is 0 Å². The van der Waals surface area contributed by atoms with Crippen LogP contribution in [0.15, 0.2) is 24.3 Å². The molecule has 1 atom stereocenters. The van der Waals surface area contributed by atoms with Crippen molar-refractivity contribution in [1.82, 2.24) is 9.80 Å². The Morgan fingerprint density at radius 3 is 2.64 bits per heavy atom. The summed E-state index contributed by atoms with van der Waals surface area (Å²) < 4.78 is 10.3. The zero-order chi connectivity index (χ0) is 15.9. The van der Waals surface area contributed by atoms with E-state index in [9.17, 15) is 9.90 Å². The van der Waals surface area contributed by atoms with Crippen LogP contribution in [0.5, 0.6) is 5.75 Å². The van der Waals surface area contributed by atoms with Gasteiger partial charge in [-0.2, -0.15) is 0 Å². The van der Waals surface area contributed by atoms with E-state index in [1.165, 1.54) is 7.11 Å². The van der Waals surface area contributed by atoms with E-state index in [1.54, 1.807) is 24.3 Å². The van der Waals surface area contributed by atoms with Crippen LogP contribution in [0.4, 0.5) is 0 Å². The average Bonchev–Trinajstić information content (AvgIpc) is 2.54. The minimum absolute atomic E-state index is 0.153. The number of nitrogens with zero attached hydrogens (tertiary/aromatic N) is 2. The Bertz CT molecular complexity index is 487. The average molecular weight is 308 g/mol. The third-order valence-electron chi connectivity index (χ3n) is 3.79. The highest BCUT2D eigenvalue weighted by Crippen LogP contribution is 2.19. The number of para-hydroxylation sites is 1. The molecule has 0 radical (unpaired) electrons. The summed E-state index contributed by atoms with van der Waals surface area (Å²) in [5.74, 6) is -0.00376. The maximum Gasteiger partial charge on any atom is 0.341 e. The van der Waals surface area contributed by atoms with Crippen LogP contribution in [0.1, 0.15) is 10.4 Å². The summed E-state index contributed by atoms with van der Waals surface area (Å²) in [7, 11) is 3.43. The molecule has 1 heterocycles. The van der Waals surface area contributed by atoms with Gasteiger partial charge in [-0.25, -0.2) is 4.79 Å². The lowest BCUT2D eigenvalue weighted by Gasteiger charge is -2.33. The molecule has 1 saturated heterocycles. The Balaban J connectivity index is 1.83. The number of likely N-dealkylation sites (N-methyl/N-ethyl adjacent to an activating group) is 1. The summed E-state index contributed by atoms with van der Waals surface area (Å²) in [4.78, 5) is 16.1. The summed E-state index contributed by atoms with van der Waals surface area (Å²) in [6.07, 6.45) is -0.589. The number of ether oxygens (including phenoxy) is 2. The summed E-state index contributed by atoms with van der Waals surface area (Å²) in [5.41, 5.74) is 0.372. The highest BCUT2D eigenvalue weighted by Gasteiger charge is 2.18. The molecule has 22 heavy (non-hydrogen) atoms. The van der Waals surface area contributed by atoms with Crippen molar-refractivity contribution in [3.05, 3.63) is 29.8 Å². The molecule has 0 spiro atoms. The fraction of sp³-hybridized carbons (Fsp3) is 0.562. The highest BCUT2D eigenvalue weighted by atomic mass is 16.5. The maximum atomic E-state index is 11.6. The number of carbonyl (C=O) groups excluding carboxylic acids is 1. The zero-order valence-electron chi connectivity index (χ0n) is 13.2. The molecular formula is C16H24N2O4. The van der Waals surface area contributed by atoms with Gasteiger partial charge in [-0.05, 0) is 19.2 Å². The Labute approximate surface area is 131 Å². The lowest BCUT2D eigenvalue weighted by molar-refractivity contribution is 0.0482. The Hall–Kier alpha value is -1.63. The summed E-state index contributed by atoms with van der Waals surface area (Å²) in [6, 6.07) is 6.89. The van der Waals surface area contributed by atoms with Gasteiger partial charge in [0.25, 0.3) is 0 Å².